The van der Waals surface area contributed by atoms with Gasteiger partial charge in [-0.1, -0.05) is 40.3 Å². The smallest absolute Gasteiger partial charge is 0.355 e. The largest absolute Gasteiger partial charge is 0.457 e. The number of carbonyl (C=O) groups excluding carboxylic acids is 2. The Morgan fingerprint density at radius 2 is 1.97 bits per heavy atom. The molecular formula is C23H37NO5Si. The van der Waals surface area contributed by atoms with Crippen molar-refractivity contribution < 1.29 is 23.9 Å². The molecule has 1 aliphatic carbocycles. The lowest BCUT2D eigenvalue weighted by molar-refractivity contribution is -0.163. The molecule has 0 aromatic rings. The van der Waals surface area contributed by atoms with Crippen molar-refractivity contribution >= 4 is 20.2 Å². The van der Waals surface area contributed by atoms with E-state index in [1.165, 1.54) is 6.08 Å². The van der Waals surface area contributed by atoms with Crippen LogP contribution in [0.5, 0.6) is 0 Å². The lowest BCUT2D eigenvalue weighted by Crippen LogP contribution is -2.65. The Morgan fingerprint density at radius 1 is 1.37 bits per heavy atom. The summed E-state index contributed by atoms with van der Waals surface area (Å²) < 4.78 is 11.8. The van der Waals surface area contributed by atoms with Gasteiger partial charge in [0.1, 0.15) is 12.3 Å². The molecule has 0 aromatic heterocycles. The molecule has 5 atom stereocenters. The number of nitrogens with zero attached hydrogens (tertiary/aromatic N) is 1. The van der Waals surface area contributed by atoms with Crippen LogP contribution in [0.25, 0.3) is 0 Å². The summed E-state index contributed by atoms with van der Waals surface area (Å²) in [7, 11) is -2.05. The predicted octanol–water partition coefficient (Wildman–Crippen LogP) is 3.63. The van der Waals surface area contributed by atoms with Crippen molar-refractivity contribution in [3.8, 4) is 0 Å². The van der Waals surface area contributed by atoms with Gasteiger partial charge in [0.15, 0.2) is 8.32 Å². The molecule has 0 spiro atoms. The molecule has 1 saturated carbocycles. The fourth-order valence-corrected chi connectivity index (χ4v) is 5.98. The van der Waals surface area contributed by atoms with Gasteiger partial charge in [-0.3, -0.25) is 4.79 Å². The SMILES string of the molecule is C=CCOC(=O)C1=C([C@H](O)C2CC2)[C@H](C)C2[C@@H]([C@@H](C)O[Si](C)(C)C(C)(C)C)C(=O)N12. The predicted molar refractivity (Wildman–Crippen MR) is 118 cm³/mol. The average Bonchev–Trinajstić information content (AvgIpc) is 3.43. The van der Waals surface area contributed by atoms with Crippen molar-refractivity contribution in [1.82, 2.24) is 4.90 Å². The van der Waals surface area contributed by atoms with Crippen LogP contribution in [0.4, 0.5) is 0 Å². The molecule has 168 valence electrons. The van der Waals surface area contributed by atoms with E-state index >= 15 is 0 Å². The summed E-state index contributed by atoms with van der Waals surface area (Å²) in [4.78, 5) is 27.6. The number of amides is 1. The summed E-state index contributed by atoms with van der Waals surface area (Å²) in [5.41, 5.74) is 0.904. The minimum atomic E-state index is -2.05. The standard InChI is InChI=1S/C23H37NO5Si/c1-9-12-28-22(27)19-16(20(25)15-10-11-15)13(2)18-17(21(26)24(18)19)14(3)29-30(7,8)23(4,5)6/h9,13-15,17-18,20,25H,1,10-12H2,2-8H3/t13-,14+,17+,18?,20+/m0/s1. The van der Waals surface area contributed by atoms with Gasteiger partial charge in [0.25, 0.3) is 0 Å². The number of β-lactam (4-membered cyclic amide) rings is 1. The van der Waals surface area contributed by atoms with E-state index in [2.05, 4.69) is 40.4 Å². The normalized spacial score (nSPS) is 28.7. The van der Waals surface area contributed by atoms with Crippen LogP contribution in [0.2, 0.25) is 18.1 Å². The van der Waals surface area contributed by atoms with Crippen LogP contribution in [0.15, 0.2) is 23.9 Å². The molecular weight excluding hydrogens is 398 g/mol. The topological polar surface area (TPSA) is 76.1 Å². The van der Waals surface area contributed by atoms with Crippen LogP contribution in [0.3, 0.4) is 0 Å². The van der Waals surface area contributed by atoms with E-state index < -0.39 is 20.4 Å². The van der Waals surface area contributed by atoms with E-state index in [4.69, 9.17) is 9.16 Å². The molecule has 3 rings (SSSR count). The Hall–Kier alpha value is -1.44. The second kappa shape index (κ2) is 7.91. The van der Waals surface area contributed by atoms with Gasteiger partial charge in [-0.15, -0.1) is 0 Å². The summed E-state index contributed by atoms with van der Waals surface area (Å²) in [5.74, 6) is -0.927. The minimum absolute atomic E-state index is 0.0419. The van der Waals surface area contributed by atoms with Crippen LogP contribution in [0.1, 0.15) is 47.5 Å². The molecule has 2 fully saturated rings. The molecule has 3 aliphatic rings. The molecule has 1 N–H and O–H groups in total. The second-order valence-electron chi connectivity index (χ2n) is 10.6. The van der Waals surface area contributed by atoms with Crippen LogP contribution >= 0.6 is 0 Å². The molecule has 2 aliphatic heterocycles. The fourth-order valence-electron chi connectivity index (χ4n) is 4.55. The third-order valence-corrected chi connectivity index (χ3v) is 12.0. The van der Waals surface area contributed by atoms with Crippen LogP contribution < -0.4 is 0 Å². The highest BCUT2D eigenvalue weighted by atomic mass is 28.4. The molecule has 6 nitrogen and oxygen atoms in total. The van der Waals surface area contributed by atoms with Gasteiger partial charge >= 0.3 is 5.97 Å². The summed E-state index contributed by atoms with van der Waals surface area (Å²) in [6.07, 6.45) is 2.44. The van der Waals surface area contributed by atoms with Gasteiger partial charge in [-0.2, -0.15) is 0 Å². The summed E-state index contributed by atoms with van der Waals surface area (Å²) in [6, 6.07) is -0.174. The van der Waals surface area contributed by atoms with Crippen molar-refractivity contribution in [2.24, 2.45) is 17.8 Å². The van der Waals surface area contributed by atoms with Crippen molar-refractivity contribution in [2.45, 2.75) is 83.8 Å². The quantitative estimate of drug-likeness (QED) is 0.273. The number of esters is 1. The Morgan fingerprint density at radius 3 is 2.47 bits per heavy atom. The van der Waals surface area contributed by atoms with E-state index in [0.717, 1.165) is 12.8 Å². The van der Waals surface area contributed by atoms with Gasteiger partial charge in [0, 0.05) is 5.92 Å². The first-order valence-corrected chi connectivity index (χ1v) is 13.9. The number of rotatable bonds is 8. The maximum absolute atomic E-state index is 13.2. The van der Waals surface area contributed by atoms with Crippen LogP contribution in [-0.4, -0.2) is 55.1 Å². The highest BCUT2D eigenvalue weighted by Crippen LogP contribution is 2.52. The zero-order valence-corrected chi connectivity index (χ0v) is 20.4. The number of hydrogen-bond donors (Lipinski definition) is 1. The van der Waals surface area contributed by atoms with E-state index in [0.29, 0.717) is 5.57 Å². The first-order valence-electron chi connectivity index (χ1n) is 11.0. The summed E-state index contributed by atoms with van der Waals surface area (Å²) in [6.45, 7) is 18.5. The molecule has 1 saturated heterocycles. The monoisotopic (exact) mass is 435 g/mol. The van der Waals surface area contributed by atoms with Gasteiger partial charge in [-0.05, 0) is 49.4 Å². The Labute approximate surface area is 181 Å². The number of aliphatic hydroxyl groups excluding tert-OH is 1. The second-order valence-corrected chi connectivity index (χ2v) is 15.3. The Balaban J connectivity index is 1.87. The lowest BCUT2D eigenvalue weighted by atomic mass is 9.77. The van der Waals surface area contributed by atoms with Crippen molar-refractivity contribution in [3.05, 3.63) is 23.9 Å². The summed E-state index contributed by atoms with van der Waals surface area (Å²) >= 11 is 0. The zero-order valence-electron chi connectivity index (χ0n) is 19.4. The maximum atomic E-state index is 13.2. The number of hydrogen-bond acceptors (Lipinski definition) is 5. The van der Waals surface area contributed by atoms with Gasteiger partial charge in [0.05, 0.1) is 24.2 Å². The fraction of sp³-hybridized carbons (Fsp3) is 0.739. The number of aliphatic hydroxyl groups is 1. The number of fused-ring (bicyclic) bond motifs is 1. The van der Waals surface area contributed by atoms with Crippen molar-refractivity contribution in [3.63, 3.8) is 0 Å². The number of ether oxygens (including phenoxy) is 1. The highest BCUT2D eigenvalue weighted by molar-refractivity contribution is 6.74. The summed E-state index contributed by atoms with van der Waals surface area (Å²) in [5, 5.41) is 11.0. The van der Waals surface area contributed by atoms with Gasteiger partial charge in [-0.25, -0.2) is 4.79 Å². The van der Waals surface area contributed by atoms with Crippen molar-refractivity contribution in [1.29, 1.82) is 0 Å². The third-order valence-electron chi connectivity index (χ3n) is 7.41. The minimum Gasteiger partial charge on any atom is -0.457 e. The van der Waals surface area contributed by atoms with E-state index in [9.17, 15) is 14.7 Å². The Kier molecular flexibility index (Phi) is 6.13. The van der Waals surface area contributed by atoms with E-state index in [1.54, 1.807) is 4.90 Å². The first-order chi connectivity index (χ1) is 13.8. The Bertz CT molecular complexity index is 764. The van der Waals surface area contributed by atoms with Gasteiger partial charge in [0.2, 0.25) is 5.91 Å². The molecule has 2 heterocycles. The maximum Gasteiger partial charge on any atom is 0.355 e. The average molecular weight is 436 g/mol. The molecule has 1 amide bonds. The molecule has 30 heavy (non-hydrogen) atoms. The van der Waals surface area contributed by atoms with Crippen molar-refractivity contribution in [2.75, 3.05) is 6.61 Å². The molecule has 0 aromatic carbocycles. The molecule has 1 unspecified atom stereocenters. The van der Waals surface area contributed by atoms with E-state index in [-0.39, 0.29) is 53.1 Å². The van der Waals surface area contributed by atoms with E-state index in [1.807, 2.05) is 13.8 Å². The molecule has 0 radical (unpaired) electrons. The number of carbonyl (C=O) groups is 2. The highest BCUT2D eigenvalue weighted by Gasteiger charge is 2.62. The zero-order chi connectivity index (χ0) is 22.6. The van der Waals surface area contributed by atoms with Crippen LogP contribution in [0, 0.1) is 17.8 Å². The third kappa shape index (κ3) is 3.80. The van der Waals surface area contributed by atoms with Gasteiger partial charge < -0.3 is 19.2 Å². The lowest BCUT2D eigenvalue weighted by Gasteiger charge is -2.50. The first kappa shape index (κ1) is 23.2. The molecule has 7 heteroatoms. The molecule has 0 bridgehead atoms. The van der Waals surface area contributed by atoms with Crippen LogP contribution in [-0.2, 0) is 18.8 Å².